The van der Waals surface area contributed by atoms with Gasteiger partial charge in [-0.25, -0.2) is 25.8 Å². The summed E-state index contributed by atoms with van der Waals surface area (Å²) in [4.78, 5) is 4.51. The molecule has 3 aromatic rings. The second-order valence-electron chi connectivity index (χ2n) is 9.78. The van der Waals surface area contributed by atoms with Gasteiger partial charge in [0.05, 0.1) is 28.2 Å². The van der Waals surface area contributed by atoms with Crippen LogP contribution in [0.15, 0.2) is 47.6 Å². The number of sulfone groups is 1. The Labute approximate surface area is 194 Å². The number of fused-ring (bicyclic) bond motifs is 1. The van der Waals surface area contributed by atoms with Gasteiger partial charge in [0, 0.05) is 22.9 Å². The minimum absolute atomic E-state index is 0.136. The van der Waals surface area contributed by atoms with E-state index in [1.54, 1.807) is 30.3 Å². The highest BCUT2D eigenvalue weighted by atomic mass is 32.2. The summed E-state index contributed by atoms with van der Waals surface area (Å²) in [6.07, 6.45) is 5.92. The molecule has 2 aromatic heterocycles. The maximum Gasteiger partial charge on any atom is 0.269 e. The first-order valence-corrected chi connectivity index (χ1v) is 14.3. The molecule has 33 heavy (non-hydrogen) atoms. The van der Waals surface area contributed by atoms with Crippen LogP contribution in [0, 0.1) is 12.3 Å². The van der Waals surface area contributed by atoms with Crippen molar-refractivity contribution in [1.29, 1.82) is 0 Å². The average Bonchev–Trinajstić information content (AvgIpc) is 3.12. The number of anilines is 2. The number of nitrogens with zero attached hydrogens (tertiary/aromatic N) is 2. The van der Waals surface area contributed by atoms with E-state index in [-0.39, 0.29) is 27.4 Å². The van der Waals surface area contributed by atoms with Crippen molar-refractivity contribution in [3.8, 4) is 0 Å². The molecule has 3 aliphatic carbocycles. The van der Waals surface area contributed by atoms with E-state index < -0.39 is 19.9 Å². The van der Waals surface area contributed by atoms with E-state index in [9.17, 15) is 16.8 Å². The molecule has 0 amide bonds. The first-order chi connectivity index (χ1) is 15.5. The number of hydrogen-bond donors (Lipinski definition) is 2. The fourth-order valence-corrected chi connectivity index (χ4v) is 8.94. The molecule has 2 heterocycles. The van der Waals surface area contributed by atoms with Crippen LogP contribution >= 0.6 is 0 Å². The van der Waals surface area contributed by atoms with Gasteiger partial charge in [0.25, 0.3) is 10.0 Å². The minimum Gasteiger partial charge on any atom is -0.396 e. The predicted molar refractivity (Wildman–Crippen MR) is 129 cm³/mol. The van der Waals surface area contributed by atoms with Crippen LogP contribution in [0.5, 0.6) is 0 Å². The average molecular weight is 489 g/mol. The lowest BCUT2D eigenvalue weighted by atomic mass is 9.40. The zero-order chi connectivity index (χ0) is 23.6. The van der Waals surface area contributed by atoms with E-state index in [4.69, 9.17) is 5.73 Å². The number of pyridine rings is 1. The van der Waals surface area contributed by atoms with Gasteiger partial charge < -0.3 is 11.1 Å². The molecule has 3 fully saturated rings. The van der Waals surface area contributed by atoms with Gasteiger partial charge in [-0.3, -0.25) is 0 Å². The highest BCUT2D eigenvalue weighted by molar-refractivity contribution is 7.91. The lowest BCUT2D eigenvalue weighted by Crippen LogP contribution is -2.72. The van der Waals surface area contributed by atoms with Crippen molar-refractivity contribution in [2.45, 2.75) is 50.0 Å². The Hall–Kier alpha value is -2.59. The van der Waals surface area contributed by atoms with E-state index in [1.165, 1.54) is 16.4 Å². The van der Waals surface area contributed by atoms with Crippen molar-refractivity contribution in [1.82, 2.24) is 8.96 Å². The highest BCUT2D eigenvalue weighted by Gasteiger charge is 2.68. The Balaban J connectivity index is 1.42. The molecule has 176 valence electrons. The summed E-state index contributed by atoms with van der Waals surface area (Å²) in [6, 6.07) is 8.40. The highest BCUT2D eigenvalue weighted by Crippen LogP contribution is 2.69. The molecule has 6 rings (SSSR count). The van der Waals surface area contributed by atoms with Crippen LogP contribution in [-0.2, 0) is 19.9 Å². The smallest absolute Gasteiger partial charge is 0.269 e. The van der Waals surface area contributed by atoms with Crippen molar-refractivity contribution < 1.29 is 16.8 Å². The van der Waals surface area contributed by atoms with Crippen LogP contribution in [-0.4, -0.2) is 42.8 Å². The molecular weight excluding hydrogens is 460 g/mol. The van der Waals surface area contributed by atoms with Gasteiger partial charge in [0.2, 0.25) is 0 Å². The maximum atomic E-state index is 13.2. The van der Waals surface area contributed by atoms with Crippen LogP contribution in [0.3, 0.4) is 0 Å². The van der Waals surface area contributed by atoms with Crippen molar-refractivity contribution in [3.05, 3.63) is 48.3 Å². The number of rotatable bonds is 8. The molecule has 0 radical (unpaired) electrons. The van der Waals surface area contributed by atoms with E-state index >= 15 is 0 Å². The monoisotopic (exact) mass is 488 g/mol. The van der Waals surface area contributed by atoms with Crippen molar-refractivity contribution >= 4 is 42.3 Å². The largest absolute Gasteiger partial charge is 0.396 e. The summed E-state index contributed by atoms with van der Waals surface area (Å²) in [5.41, 5.74) is 8.27. The molecule has 0 aliphatic heterocycles. The number of nitrogens with one attached hydrogen (secondary N) is 1. The van der Waals surface area contributed by atoms with Gasteiger partial charge in [-0.15, -0.1) is 0 Å². The van der Waals surface area contributed by atoms with Crippen LogP contribution in [0.2, 0.25) is 0 Å². The Bertz CT molecular complexity index is 1440. The maximum absolute atomic E-state index is 13.2. The van der Waals surface area contributed by atoms with Gasteiger partial charge in [-0.05, 0) is 56.2 Å². The normalized spacial score (nSPS) is 24.3. The van der Waals surface area contributed by atoms with Crippen molar-refractivity contribution in [2.24, 2.45) is 5.41 Å². The number of benzene rings is 1. The van der Waals surface area contributed by atoms with Gasteiger partial charge in [0.15, 0.2) is 15.5 Å². The number of hydrogen-bond acceptors (Lipinski definition) is 7. The standard InChI is InChI=1S/C23H28N4O4S2/c1-3-10-32(28,29)15-22-12-23(13-22,14-22)26-20-18-8-9-27(21(18)25-11-19(20)24)33(30,31)17-6-4-16(2)5-7-17/h4-9,11H,3,10,12-15,24H2,1-2H3,(H,25,26). The molecule has 2 bridgehead atoms. The molecule has 0 spiro atoms. The molecule has 0 atom stereocenters. The van der Waals surface area contributed by atoms with Crippen LogP contribution < -0.4 is 11.1 Å². The third-order valence-corrected chi connectivity index (χ3v) is 10.6. The summed E-state index contributed by atoms with van der Waals surface area (Å²) in [5, 5.41) is 4.15. The van der Waals surface area contributed by atoms with Gasteiger partial charge in [-0.1, -0.05) is 24.6 Å². The number of aromatic nitrogens is 2. The van der Waals surface area contributed by atoms with E-state index in [0.717, 1.165) is 24.8 Å². The molecule has 0 unspecified atom stereocenters. The molecule has 8 nitrogen and oxygen atoms in total. The van der Waals surface area contributed by atoms with Crippen molar-refractivity contribution in [2.75, 3.05) is 22.6 Å². The van der Waals surface area contributed by atoms with Gasteiger partial charge in [0.1, 0.15) is 0 Å². The third-order valence-electron chi connectivity index (χ3n) is 6.86. The zero-order valence-electron chi connectivity index (χ0n) is 18.7. The Kier molecular flexibility index (Phi) is 4.85. The molecular formula is C23H28N4O4S2. The summed E-state index contributed by atoms with van der Waals surface area (Å²) in [7, 11) is -6.84. The Morgan fingerprint density at radius 2 is 1.76 bits per heavy atom. The SMILES string of the molecule is CCCS(=O)(=O)CC12CC(Nc3c(N)cnc4c3ccn4S(=O)(=O)c3ccc(C)cc3)(C1)C2. The quantitative estimate of drug-likeness (QED) is 0.498. The molecule has 3 saturated carbocycles. The van der Waals surface area contributed by atoms with Crippen LogP contribution in [0.4, 0.5) is 11.4 Å². The lowest BCUT2D eigenvalue weighted by Gasteiger charge is -2.71. The Morgan fingerprint density at radius 1 is 1.09 bits per heavy atom. The number of nitrogen functional groups attached to an aromatic ring is 1. The predicted octanol–water partition coefficient (Wildman–Crippen LogP) is 3.32. The fourth-order valence-electron chi connectivity index (χ4n) is 5.63. The summed E-state index contributed by atoms with van der Waals surface area (Å²) < 4.78 is 52.2. The molecule has 0 saturated heterocycles. The fraction of sp³-hybridized carbons (Fsp3) is 0.435. The summed E-state index contributed by atoms with van der Waals surface area (Å²) in [5.74, 6) is 0.472. The second-order valence-corrected chi connectivity index (χ2v) is 13.8. The molecule has 3 N–H and O–H groups in total. The van der Waals surface area contributed by atoms with Gasteiger partial charge in [-0.2, -0.15) is 0 Å². The first-order valence-electron chi connectivity index (χ1n) is 11.0. The van der Waals surface area contributed by atoms with Crippen molar-refractivity contribution in [3.63, 3.8) is 0 Å². The minimum atomic E-state index is -3.81. The third kappa shape index (κ3) is 3.59. The van der Waals surface area contributed by atoms with E-state index in [0.29, 0.717) is 28.8 Å². The van der Waals surface area contributed by atoms with E-state index in [1.807, 2.05) is 13.8 Å². The van der Waals surface area contributed by atoms with Gasteiger partial charge >= 0.3 is 0 Å². The van der Waals surface area contributed by atoms with Crippen LogP contribution in [0.25, 0.3) is 11.0 Å². The zero-order valence-corrected chi connectivity index (χ0v) is 20.3. The topological polar surface area (TPSA) is 124 Å². The molecule has 3 aliphatic rings. The second kappa shape index (κ2) is 7.20. The summed E-state index contributed by atoms with van der Waals surface area (Å²) >= 11 is 0. The number of aryl methyl sites for hydroxylation is 1. The van der Waals surface area contributed by atoms with Crippen LogP contribution in [0.1, 0.15) is 38.2 Å². The van der Waals surface area contributed by atoms with E-state index in [2.05, 4.69) is 10.3 Å². The Morgan fingerprint density at radius 3 is 2.39 bits per heavy atom. The number of nitrogens with two attached hydrogens (primary N) is 1. The summed E-state index contributed by atoms with van der Waals surface area (Å²) in [6.45, 7) is 3.78. The molecule has 10 heteroatoms. The molecule has 1 aromatic carbocycles. The first kappa shape index (κ1) is 22.2. The lowest BCUT2D eigenvalue weighted by molar-refractivity contribution is -0.0963.